The van der Waals surface area contributed by atoms with E-state index in [9.17, 15) is 9.59 Å². The highest BCUT2D eigenvalue weighted by molar-refractivity contribution is 6.10. The van der Waals surface area contributed by atoms with Crippen LogP contribution < -0.4 is 5.73 Å². The molecule has 2 N–H and O–H groups in total. The van der Waals surface area contributed by atoms with E-state index >= 15 is 0 Å². The Hall–Kier alpha value is -2.62. The third kappa shape index (κ3) is 3.82. The summed E-state index contributed by atoms with van der Waals surface area (Å²) < 4.78 is 4.93. The van der Waals surface area contributed by atoms with Gasteiger partial charge in [0.05, 0.1) is 12.2 Å². The second kappa shape index (κ2) is 6.87. The van der Waals surface area contributed by atoms with Crippen LogP contribution in [-0.2, 0) is 10.2 Å². The van der Waals surface area contributed by atoms with Crippen LogP contribution in [0.15, 0.2) is 42.5 Å². The molecular weight excluding hydrogens is 302 g/mol. The first-order valence-electron chi connectivity index (χ1n) is 7.96. The number of rotatable bonds is 4. The Balaban J connectivity index is 2.27. The molecule has 0 aliphatic rings. The Morgan fingerprint density at radius 3 is 2.08 bits per heavy atom. The maximum atomic E-state index is 12.6. The standard InChI is InChI=1S/C20H23NO3/c1-5-24-19(23)16-11-8-14(12-17(16)21)18(22)13-6-9-15(10-7-13)20(2,3)4/h6-12H,5,21H2,1-4H3. The zero-order valence-corrected chi connectivity index (χ0v) is 14.6. The lowest BCUT2D eigenvalue weighted by Gasteiger charge is -2.19. The van der Waals surface area contributed by atoms with Crippen molar-refractivity contribution in [3.63, 3.8) is 0 Å². The summed E-state index contributed by atoms with van der Waals surface area (Å²) >= 11 is 0. The topological polar surface area (TPSA) is 69.4 Å². The van der Waals surface area contributed by atoms with Crippen LogP contribution in [0.25, 0.3) is 0 Å². The number of carbonyl (C=O) groups is 2. The van der Waals surface area contributed by atoms with Crippen molar-refractivity contribution < 1.29 is 14.3 Å². The number of esters is 1. The van der Waals surface area contributed by atoms with Gasteiger partial charge >= 0.3 is 5.97 Å². The molecule has 126 valence electrons. The molecule has 4 nitrogen and oxygen atoms in total. The number of anilines is 1. The van der Waals surface area contributed by atoms with Crippen molar-refractivity contribution in [2.75, 3.05) is 12.3 Å². The minimum Gasteiger partial charge on any atom is -0.462 e. The van der Waals surface area contributed by atoms with Gasteiger partial charge < -0.3 is 10.5 Å². The molecule has 0 atom stereocenters. The summed E-state index contributed by atoms with van der Waals surface area (Å²) in [6.45, 7) is 8.38. The van der Waals surface area contributed by atoms with Crippen molar-refractivity contribution in [1.82, 2.24) is 0 Å². The van der Waals surface area contributed by atoms with Crippen molar-refractivity contribution in [2.45, 2.75) is 33.1 Å². The van der Waals surface area contributed by atoms with E-state index in [2.05, 4.69) is 20.8 Å². The lowest BCUT2D eigenvalue weighted by atomic mass is 9.86. The third-order valence-corrected chi connectivity index (χ3v) is 3.82. The predicted octanol–water partition coefficient (Wildman–Crippen LogP) is 3.97. The number of ether oxygens (including phenoxy) is 1. The highest BCUT2D eigenvalue weighted by atomic mass is 16.5. The molecule has 4 heteroatoms. The molecule has 0 bridgehead atoms. The number of nitrogens with two attached hydrogens (primary N) is 1. The van der Waals surface area contributed by atoms with Crippen molar-refractivity contribution in [1.29, 1.82) is 0 Å². The van der Waals surface area contributed by atoms with Crippen LogP contribution in [0, 0.1) is 0 Å². The van der Waals surface area contributed by atoms with Crippen LogP contribution in [0.3, 0.4) is 0 Å². The number of hydrogen-bond donors (Lipinski definition) is 1. The molecule has 0 saturated carbocycles. The molecule has 0 unspecified atom stereocenters. The summed E-state index contributed by atoms with van der Waals surface area (Å²) in [5.41, 5.74) is 8.65. The number of ketones is 1. The molecule has 2 aromatic rings. The van der Waals surface area contributed by atoms with Crippen LogP contribution in [0.5, 0.6) is 0 Å². The largest absolute Gasteiger partial charge is 0.462 e. The molecule has 24 heavy (non-hydrogen) atoms. The average Bonchev–Trinajstić information content (AvgIpc) is 2.53. The van der Waals surface area contributed by atoms with Gasteiger partial charge in [0.1, 0.15) is 0 Å². The first kappa shape index (κ1) is 17.7. The van der Waals surface area contributed by atoms with Gasteiger partial charge in [-0.15, -0.1) is 0 Å². The van der Waals surface area contributed by atoms with Crippen LogP contribution in [0.1, 0.15) is 59.5 Å². The molecule has 2 rings (SSSR count). The van der Waals surface area contributed by atoms with E-state index in [0.29, 0.717) is 11.1 Å². The smallest absolute Gasteiger partial charge is 0.340 e. The van der Waals surface area contributed by atoms with E-state index < -0.39 is 5.97 Å². The highest BCUT2D eigenvalue weighted by Crippen LogP contribution is 2.23. The van der Waals surface area contributed by atoms with Crippen molar-refractivity contribution in [2.24, 2.45) is 0 Å². The van der Waals surface area contributed by atoms with Crippen LogP contribution >= 0.6 is 0 Å². The molecule has 0 fully saturated rings. The zero-order valence-electron chi connectivity index (χ0n) is 14.6. The first-order valence-corrected chi connectivity index (χ1v) is 7.96. The number of carbonyl (C=O) groups excluding carboxylic acids is 2. The normalized spacial score (nSPS) is 11.2. The van der Waals surface area contributed by atoms with E-state index in [0.717, 1.165) is 5.56 Å². The maximum absolute atomic E-state index is 12.6. The highest BCUT2D eigenvalue weighted by Gasteiger charge is 2.17. The molecule has 0 heterocycles. The predicted molar refractivity (Wildman–Crippen MR) is 95.4 cm³/mol. The fourth-order valence-corrected chi connectivity index (χ4v) is 2.39. The van der Waals surface area contributed by atoms with Gasteiger partial charge in [0.2, 0.25) is 0 Å². The SMILES string of the molecule is CCOC(=O)c1ccc(C(=O)c2ccc(C(C)(C)C)cc2)cc1N. The molecule has 2 aromatic carbocycles. The van der Waals surface area contributed by atoms with Gasteiger partial charge in [-0.3, -0.25) is 4.79 Å². The zero-order chi connectivity index (χ0) is 17.9. The Morgan fingerprint density at radius 2 is 1.58 bits per heavy atom. The van der Waals surface area contributed by atoms with Gasteiger partial charge in [-0.1, -0.05) is 51.1 Å². The summed E-state index contributed by atoms with van der Waals surface area (Å²) in [5.74, 6) is -0.610. The molecular formula is C20H23NO3. The fourth-order valence-electron chi connectivity index (χ4n) is 2.39. The minimum absolute atomic E-state index is 0.0350. The van der Waals surface area contributed by atoms with Gasteiger partial charge in [-0.25, -0.2) is 4.79 Å². The van der Waals surface area contributed by atoms with Gasteiger partial charge in [0, 0.05) is 16.8 Å². The molecule has 0 saturated heterocycles. The number of benzene rings is 2. The minimum atomic E-state index is -0.483. The van der Waals surface area contributed by atoms with E-state index in [1.54, 1.807) is 13.0 Å². The summed E-state index contributed by atoms with van der Waals surface area (Å²) in [7, 11) is 0. The molecule has 0 aliphatic heterocycles. The van der Waals surface area contributed by atoms with Gasteiger partial charge in [0.15, 0.2) is 5.78 Å². The Labute approximate surface area is 142 Å². The van der Waals surface area contributed by atoms with E-state index in [-0.39, 0.29) is 29.1 Å². The van der Waals surface area contributed by atoms with Crippen molar-refractivity contribution in [3.8, 4) is 0 Å². The molecule has 0 aromatic heterocycles. The third-order valence-electron chi connectivity index (χ3n) is 3.82. The quantitative estimate of drug-likeness (QED) is 0.524. The van der Waals surface area contributed by atoms with E-state index in [1.807, 2.05) is 24.3 Å². The van der Waals surface area contributed by atoms with Crippen LogP contribution in [0.2, 0.25) is 0 Å². The van der Waals surface area contributed by atoms with E-state index in [4.69, 9.17) is 10.5 Å². The van der Waals surface area contributed by atoms with Crippen molar-refractivity contribution in [3.05, 3.63) is 64.7 Å². The average molecular weight is 325 g/mol. The summed E-state index contributed by atoms with van der Waals surface area (Å²) in [6, 6.07) is 12.2. The Kier molecular flexibility index (Phi) is 5.07. The molecule has 0 amide bonds. The Bertz CT molecular complexity index is 755. The van der Waals surface area contributed by atoms with Crippen molar-refractivity contribution >= 4 is 17.4 Å². The molecule has 0 spiro atoms. The Morgan fingerprint density at radius 1 is 1.00 bits per heavy atom. The summed E-state index contributed by atoms with van der Waals surface area (Å²) in [4.78, 5) is 24.4. The van der Waals surface area contributed by atoms with Crippen LogP contribution in [-0.4, -0.2) is 18.4 Å². The lowest BCUT2D eigenvalue weighted by molar-refractivity contribution is 0.0527. The summed E-state index contributed by atoms with van der Waals surface area (Å²) in [5, 5.41) is 0. The second-order valence-corrected chi connectivity index (χ2v) is 6.68. The lowest BCUT2D eigenvalue weighted by Crippen LogP contribution is -2.12. The van der Waals surface area contributed by atoms with Gasteiger partial charge in [-0.05, 0) is 30.0 Å². The van der Waals surface area contributed by atoms with Gasteiger partial charge in [0.25, 0.3) is 0 Å². The first-order chi connectivity index (χ1) is 11.2. The fraction of sp³-hybridized carbons (Fsp3) is 0.300. The van der Waals surface area contributed by atoms with Crippen LogP contribution in [0.4, 0.5) is 5.69 Å². The molecule has 0 aliphatic carbocycles. The summed E-state index contributed by atoms with van der Waals surface area (Å²) in [6.07, 6.45) is 0. The van der Waals surface area contributed by atoms with E-state index in [1.165, 1.54) is 12.1 Å². The second-order valence-electron chi connectivity index (χ2n) is 6.68. The number of hydrogen-bond acceptors (Lipinski definition) is 4. The maximum Gasteiger partial charge on any atom is 0.340 e. The monoisotopic (exact) mass is 325 g/mol. The van der Waals surface area contributed by atoms with Gasteiger partial charge in [-0.2, -0.15) is 0 Å². The number of nitrogen functional groups attached to an aromatic ring is 1. The molecule has 0 radical (unpaired) electrons.